The van der Waals surface area contributed by atoms with Gasteiger partial charge in [-0.1, -0.05) is 0 Å². The average Bonchev–Trinajstić information content (AvgIpc) is 2.26. The second kappa shape index (κ2) is 8.85. The van der Waals surface area contributed by atoms with E-state index in [2.05, 4.69) is 26.7 Å². The van der Waals surface area contributed by atoms with E-state index in [-0.39, 0.29) is 5.91 Å². The van der Waals surface area contributed by atoms with Gasteiger partial charge in [-0.25, -0.2) is 0 Å². The molecule has 0 aromatic rings. The monoisotopic (exact) mass is 217 g/mol. The summed E-state index contributed by atoms with van der Waals surface area (Å²) in [6.45, 7) is 0.457. The summed E-state index contributed by atoms with van der Waals surface area (Å²) in [7, 11) is 1.49. The zero-order chi connectivity index (χ0) is 11.5. The molecule has 0 bridgehead atoms. The van der Waals surface area contributed by atoms with Gasteiger partial charge in [-0.2, -0.15) is 0 Å². The zero-order valence-electron chi connectivity index (χ0n) is 8.52. The van der Waals surface area contributed by atoms with Gasteiger partial charge in [0.2, 0.25) is 5.91 Å². The molecule has 0 aliphatic carbocycles. The van der Waals surface area contributed by atoms with Crippen molar-refractivity contribution in [1.29, 1.82) is 0 Å². The molecule has 1 atom stereocenters. The van der Waals surface area contributed by atoms with Gasteiger partial charge in [-0.05, 0) is 19.3 Å². The zero-order valence-corrected chi connectivity index (χ0v) is 8.52. The Morgan fingerprint density at radius 1 is 1.27 bits per heavy atom. The van der Waals surface area contributed by atoms with Crippen LogP contribution in [0.25, 0.3) is 0 Å². The van der Waals surface area contributed by atoms with E-state index in [1.807, 2.05) is 0 Å². The summed E-state index contributed by atoms with van der Waals surface area (Å²) in [5, 5.41) is 7.37. The minimum absolute atomic E-state index is 0.281. The highest BCUT2D eigenvalue weighted by Crippen LogP contribution is 2.00. The van der Waals surface area contributed by atoms with E-state index in [0.29, 0.717) is 25.8 Å². The Bertz CT molecular complexity index is 211. The lowest BCUT2D eigenvalue weighted by Crippen LogP contribution is -2.40. The Morgan fingerprint density at radius 2 is 2.00 bits per heavy atom. The maximum absolute atomic E-state index is 11.2. The second-order valence-corrected chi connectivity index (χ2v) is 2.88. The molecule has 0 heterocycles. The van der Waals surface area contributed by atoms with Crippen molar-refractivity contribution in [3.63, 3.8) is 0 Å². The van der Waals surface area contributed by atoms with E-state index in [0.717, 1.165) is 0 Å². The number of hydrogen-bond acceptors (Lipinski definition) is 5. The minimum atomic E-state index is -0.614. The van der Waals surface area contributed by atoms with Gasteiger partial charge in [-0.3, -0.25) is 15.6 Å². The molecule has 0 saturated heterocycles. The largest absolute Gasteiger partial charge is 0.357 e. The molecule has 0 saturated carbocycles. The maximum atomic E-state index is 11.2. The molecular weight excluding hydrogens is 202 g/mol. The normalized spacial score (nSPS) is 11.3. The van der Waals surface area contributed by atoms with Crippen LogP contribution in [0.3, 0.4) is 0 Å². The third kappa shape index (κ3) is 6.36. The van der Waals surface area contributed by atoms with Crippen LogP contribution in [0.5, 0.6) is 0 Å². The van der Waals surface area contributed by atoms with Gasteiger partial charge in [0.25, 0.3) is 0 Å². The topological polar surface area (TPSA) is 112 Å². The number of amides is 1. The molecule has 8 nitrogen and oxygen atoms in total. The number of hydrogen-bond donors (Lipinski definition) is 3. The first-order valence-electron chi connectivity index (χ1n) is 4.61. The number of nitrogens with one attached hydrogen (secondary N) is 3. The molecule has 0 rings (SSSR count). The third-order valence-corrected chi connectivity index (χ3v) is 1.87. The van der Waals surface area contributed by atoms with Crippen molar-refractivity contribution < 1.29 is 4.79 Å². The number of rotatable bonds is 9. The van der Waals surface area contributed by atoms with Gasteiger partial charge in [0.1, 0.15) is 6.04 Å². The summed E-state index contributed by atoms with van der Waals surface area (Å²) in [5.74, 6) is -0.281. The van der Waals surface area contributed by atoms with Gasteiger partial charge in [-0.15, -0.1) is 9.81 Å². The highest BCUT2D eigenvalue weighted by molar-refractivity contribution is 5.81. The average molecular weight is 217 g/mol. The molecule has 1 amide bonds. The highest BCUT2D eigenvalue weighted by Gasteiger charge is 2.15. The van der Waals surface area contributed by atoms with Crippen LogP contribution in [0.15, 0.2) is 10.6 Å². The van der Waals surface area contributed by atoms with Crippen molar-refractivity contribution in [2.45, 2.75) is 25.3 Å². The lowest BCUT2D eigenvalue weighted by molar-refractivity contribution is -0.122. The van der Waals surface area contributed by atoms with Crippen LogP contribution in [0.2, 0.25) is 0 Å². The molecule has 86 valence electrons. The molecule has 8 heteroatoms. The van der Waals surface area contributed by atoms with Crippen LogP contribution in [0.4, 0.5) is 0 Å². The molecule has 0 unspecified atom stereocenters. The highest BCUT2D eigenvalue weighted by atomic mass is 16.3. The standard InChI is InChI=1S/C7H15N5O3/c1-8-7(13)6(10-12-15)4-2-3-5-9-11-14/h6H,2-5H2,1H3,(H,8,13)(H,9,14)(H,10,15)/t6-/m0/s1. The molecule has 3 N–H and O–H groups in total. The Labute approximate surface area is 87.1 Å². The SMILES string of the molecule is CNC(=O)[C@H](CCCCNN=O)NN=O. The minimum Gasteiger partial charge on any atom is -0.357 e. The van der Waals surface area contributed by atoms with E-state index in [9.17, 15) is 14.6 Å². The molecule has 0 spiro atoms. The molecule has 0 radical (unpaired) electrons. The van der Waals surface area contributed by atoms with Crippen molar-refractivity contribution in [1.82, 2.24) is 16.2 Å². The first kappa shape index (κ1) is 13.3. The Morgan fingerprint density at radius 3 is 2.53 bits per heavy atom. The summed E-state index contributed by atoms with van der Waals surface area (Å²) < 4.78 is 0. The first-order chi connectivity index (χ1) is 7.26. The van der Waals surface area contributed by atoms with Crippen molar-refractivity contribution in [2.24, 2.45) is 10.6 Å². The van der Waals surface area contributed by atoms with Crippen LogP contribution in [0.1, 0.15) is 19.3 Å². The molecular formula is C7H15N5O3. The van der Waals surface area contributed by atoms with E-state index in [1.54, 1.807) is 0 Å². The summed E-state index contributed by atoms with van der Waals surface area (Å²) >= 11 is 0. The summed E-state index contributed by atoms with van der Waals surface area (Å²) in [6, 6.07) is -0.614. The van der Waals surface area contributed by atoms with Crippen molar-refractivity contribution in [3.05, 3.63) is 9.81 Å². The first-order valence-corrected chi connectivity index (χ1v) is 4.61. The fourth-order valence-electron chi connectivity index (χ4n) is 1.09. The van der Waals surface area contributed by atoms with Gasteiger partial charge < -0.3 is 5.32 Å². The number of nitrogens with zero attached hydrogens (tertiary/aromatic N) is 2. The molecule has 15 heavy (non-hydrogen) atoms. The van der Waals surface area contributed by atoms with Crippen LogP contribution < -0.4 is 16.2 Å². The number of unbranched alkanes of at least 4 members (excludes halogenated alkanes) is 1. The van der Waals surface area contributed by atoms with Gasteiger partial charge in [0.15, 0.2) is 0 Å². The molecule has 0 aromatic heterocycles. The van der Waals surface area contributed by atoms with Crippen molar-refractivity contribution in [2.75, 3.05) is 13.6 Å². The smallest absolute Gasteiger partial charge is 0.244 e. The van der Waals surface area contributed by atoms with Gasteiger partial charge in [0.05, 0.1) is 5.29 Å². The van der Waals surface area contributed by atoms with Crippen LogP contribution in [0, 0.1) is 9.81 Å². The van der Waals surface area contributed by atoms with E-state index < -0.39 is 6.04 Å². The fourth-order valence-corrected chi connectivity index (χ4v) is 1.09. The van der Waals surface area contributed by atoms with Crippen LogP contribution >= 0.6 is 0 Å². The lowest BCUT2D eigenvalue weighted by atomic mass is 10.1. The third-order valence-electron chi connectivity index (χ3n) is 1.87. The Kier molecular flexibility index (Phi) is 7.83. The number of nitroso groups, excluding NO2 is 2. The van der Waals surface area contributed by atoms with Gasteiger partial charge in [0, 0.05) is 18.9 Å². The Hall–Kier alpha value is -1.73. The molecule has 0 aliphatic rings. The van der Waals surface area contributed by atoms with E-state index in [1.165, 1.54) is 7.05 Å². The van der Waals surface area contributed by atoms with Crippen molar-refractivity contribution in [3.8, 4) is 0 Å². The summed E-state index contributed by atoms with van der Waals surface area (Å²) in [5.41, 5.74) is 4.44. The maximum Gasteiger partial charge on any atom is 0.244 e. The predicted octanol–water partition coefficient (Wildman–Crippen LogP) is -0.187. The number of carbonyl (C=O) groups excluding carboxylic acids is 1. The fraction of sp³-hybridized carbons (Fsp3) is 0.857. The second-order valence-electron chi connectivity index (χ2n) is 2.88. The predicted molar refractivity (Wildman–Crippen MR) is 54.4 cm³/mol. The molecule has 0 aliphatic heterocycles. The quantitative estimate of drug-likeness (QED) is 0.281. The molecule has 0 fully saturated rings. The Balaban J connectivity index is 3.70. The van der Waals surface area contributed by atoms with E-state index in [4.69, 9.17) is 0 Å². The summed E-state index contributed by atoms with van der Waals surface area (Å²) in [4.78, 5) is 30.8. The van der Waals surface area contributed by atoms with E-state index >= 15 is 0 Å². The number of carbonyl (C=O) groups is 1. The molecule has 0 aromatic carbocycles. The lowest BCUT2D eigenvalue weighted by Gasteiger charge is -2.12. The van der Waals surface area contributed by atoms with Crippen molar-refractivity contribution >= 4 is 5.91 Å². The van der Waals surface area contributed by atoms with Crippen LogP contribution in [-0.4, -0.2) is 25.5 Å². The summed E-state index contributed by atoms with van der Waals surface area (Å²) in [6.07, 6.45) is 1.86. The van der Waals surface area contributed by atoms with Crippen LogP contribution in [-0.2, 0) is 4.79 Å². The van der Waals surface area contributed by atoms with Gasteiger partial charge >= 0.3 is 0 Å². The number of likely N-dealkylation sites (N-methyl/N-ethyl adjacent to an activating group) is 1.